The van der Waals surface area contributed by atoms with Gasteiger partial charge in [-0.2, -0.15) is 0 Å². The Morgan fingerprint density at radius 3 is 1.61 bits per heavy atom. The molecule has 1 aliphatic heterocycles. The van der Waals surface area contributed by atoms with Gasteiger partial charge in [0, 0.05) is 38.1 Å². The Labute approximate surface area is 432 Å². The molecule has 5 aliphatic carbocycles. The van der Waals surface area contributed by atoms with Crippen molar-refractivity contribution in [2.75, 3.05) is 5.32 Å². The molecule has 4 heteroatoms. The predicted octanol–water partition coefficient (Wildman–Crippen LogP) is 17.1. The minimum Gasteiger partial charge on any atom is -0.354 e. The number of rotatable bonds is 3. The smallest absolute Gasteiger partial charge is 0.116 e. The Bertz CT molecular complexity index is 4170. The monoisotopic (exact) mass is 953 g/mol. The fraction of sp³-hybridized carbons (Fsp3) is 0.284. The van der Waals surface area contributed by atoms with Crippen molar-refractivity contribution in [3.8, 4) is 55.6 Å². The fourth-order valence-corrected chi connectivity index (χ4v) is 16.5. The summed E-state index contributed by atoms with van der Waals surface area (Å²) in [6.45, 7) is 37.4. The molecule has 0 spiro atoms. The SMILES string of the molecule is [B]c1c(S)c(C)c2c3c4c5c(c(C)c(C)c6c5c(c13)-c1c(C)c3c5c(c1N6)Cc1c(C)c(C)c6c(c1-5)-c1c(c(C)c(S)c(C)c1C6)C3)C=Cc1c(C)c(C=C)c(-c3c(C)c(C)c(C)c(CC)c3C)c(c1-4)C2. The number of thiol groups is 2. The van der Waals surface area contributed by atoms with Crippen LogP contribution in [0.25, 0.3) is 95.4 Å². The molecule has 8 aromatic rings. The van der Waals surface area contributed by atoms with E-state index in [2.05, 4.69) is 127 Å². The number of nitrogens with one attached hydrogen (secondary N) is 1. The molecule has 8 aromatic carbocycles. The van der Waals surface area contributed by atoms with Gasteiger partial charge >= 0.3 is 0 Å². The van der Waals surface area contributed by atoms with Crippen molar-refractivity contribution in [2.24, 2.45) is 0 Å². The Balaban J connectivity index is 1.19. The van der Waals surface area contributed by atoms with Crippen LogP contribution in [-0.4, -0.2) is 7.85 Å². The van der Waals surface area contributed by atoms with Gasteiger partial charge in [0.15, 0.2) is 0 Å². The lowest BCUT2D eigenvalue weighted by Crippen LogP contribution is -2.20. The molecule has 0 aromatic heterocycles. The predicted molar refractivity (Wildman–Crippen MR) is 313 cm³/mol. The van der Waals surface area contributed by atoms with Gasteiger partial charge in [-0.1, -0.05) is 37.2 Å². The van der Waals surface area contributed by atoms with Crippen LogP contribution in [0.15, 0.2) is 16.4 Å². The van der Waals surface area contributed by atoms with Crippen molar-refractivity contribution < 1.29 is 0 Å². The quantitative estimate of drug-likeness (QED) is 0.0911. The van der Waals surface area contributed by atoms with E-state index in [0.717, 1.165) is 52.7 Å². The molecule has 0 bridgehead atoms. The highest BCUT2D eigenvalue weighted by atomic mass is 32.1. The van der Waals surface area contributed by atoms with Gasteiger partial charge in [0.1, 0.15) is 7.85 Å². The van der Waals surface area contributed by atoms with Crippen LogP contribution in [0.1, 0.15) is 146 Å². The zero-order valence-corrected chi connectivity index (χ0v) is 45.7. The van der Waals surface area contributed by atoms with Gasteiger partial charge in [-0.3, -0.25) is 0 Å². The van der Waals surface area contributed by atoms with Gasteiger partial charge in [-0.15, -0.1) is 25.3 Å². The summed E-state index contributed by atoms with van der Waals surface area (Å²) in [4.78, 5) is 2.04. The number of hydrogen-bond donors (Lipinski definition) is 3. The lowest BCUT2D eigenvalue weighted by molar-refractivity contribution is 1.05. The van der Waals surface area contributed by atoms with E-state index < -0.39 is 0 Å². The molecule has 71 heavy (non-hydrogen) atoms. The van der Waals surface area contributed by atoms with E-state index in [1.807, 2.05) is 0 Å². The van der Waals surface area contributed by atoms with Crippen LogP contribution in [-0.2, 0) is 32.1 Å². The second-order valence-electron chi connectivity index (χ2n) is 22.5. The molecule has 0 saturated heterocycles. The molecule has 1 heterocycles. The zero-order valence-electron chi connectivity index (χ0n) is 43.9. The highest BCUT2D eigenvalue weighted by molar-refractivity contribution is 7.80. The number of fused-ring (bicyclic) bond motifs is 4. The van der Waals surface area contributed by atoms with Crippen molar-refractivity contribution in [1.82, 2.24) is 0 Å². The Morgan fingerprint density at radius 1 is 0.423 bits per heavy atom. The molecule has 348 valence electrons. The van der Waals surface area contributed by atoms with Crippen molar-refractivity contribution in [2.45, 2.75) is 139 Å². The van der Waals surface area contributed by atoms with E-state index in [-0.39, 0.29) is 0 Å². The molecular formula is C67H60BNS2. The highest BCUT2D eigenvalue weighted by Crippen LogP contribution is 2.65. The molecule has 6 aliphatic rings. The molecule has 0 unspecified atom stereocenters. The fourth-order valence-electron chi connectivity index (χ4n) is 16.0. The first-order valence-corrected chi connectivity index (χ1v) is 26.9. The second-order valence-corrected chi connectivity index (χ2v) is 23.4. The first kappa shape index (κ1) is 44.1. The maximum absolute atomic E-state index is 7.79. The topological polar surface area (TPSA) is 12.0 Å². The molecule has 0 amide bonds. The van der Waals surface area contributed by atoms with Crippen LogP contribution in [0.2, 0.25) is 0 Å². The molecule has 0 saturated carbocycles. The highest BCUT2D eigenvalue weighted by Gasteiger charge is 2.44. The third kappa shape index (κ3) is 4.84. The average molecular weight is 954 g/mol. The summed E-state index contributed by atoms with van der Waals surface area (Å²) < 4.78 is 0. The van der Waals surface area contributed by atoms with E-state index in [9.17, 15) is 0 Å². The molecule has 1 N–H and O–H groups in total. The van der Waals surface area contributed by atoms with Crippen LogP contribution < -0.4 is 10.8 Å². The average Bonchev–Trinajstić information content (AvgIpc) is 3.84. The van der Waals surface area contributed by atoms with Crippen molar-refractivity contribution in [3.63, 3.8) is 0 Å². The summed E-state index contributed by atoms with van der Waals surface area (Å²) in [5.74, 6) is 0. The van der Waals surface area contributed by atoms with E-state index in [1.165, 1.54) is 222 Å². The van der Waals surface area contributed by atoms with Gasteiger partial charge in [0.2, 0.25) is 0 Å². The van der Waals surface area contributed by atoms with Crippen molar-refractivity contribution >= 4 is 89.7 Å². The third-order valence-electron chi connectivity index (χ3n) is 20.1. The molecule has 2 radical (unpaired) electrons. The standard InChI is InChI=1S/C67H60BNS2/c1-16-37-25(4)24(3)29(8)49(32(37)11)51-38(17-2)31(10)40-19-18-39-28(7)30(9)64-62-55(39)60-52(40)47(51)22-46-36(15)67(71)63(68)61(58(46)60)59(62)50-33(12)43-21-45-35(14)66(70)34(13)44-20-41-26(5)27(6)42-23-48(65(50)69-64)54(43)57(42)56(41)53(44)45/h17-19,69-71H,2,16,20-23H2,1,3-15H3. The van der Waals surface area contributed by atoms with E-state index >= 15 is 0 Å². The second kappa shape index (κ2) is 14.1. The summed E-state index contributed by atoms with van der Waals surface area (Å²) in [6, 6.07) is 0. The van der Waals surface area contributed by atoms with Crippen LogP contribution in [0.4, 0.5) is 11.4 Å². The molecule has 14 rings (SSSR count). The number of anilines is 2. The lowest BCUT2D eigenvalue weighted by Gasteiger charge is -2.37. The van der Waals surface area contributed by atoms with E-state index in [0.29, 0.717) is 0 Å². The number of hydrogen-bond acceptors (Lipinski definition) is 3. The lowest BCUT2D eigenvalue weighted by atomic mass is 9.67. The molecule has 0 fully saturated rings. The maximum atomic E-state index is 7.79. The molecule has 1 nitrogen and oxygen atoms in total. The van der Waals surface area contributed by atoms with Gasteiger partial charge in [0.05, 0.1) is 11.4 Å². The van der Waals surface area contributed by atoms with Crippen molar-refractivity contribution in [3.05, 3.63) is 146 Å². The van der Waals surface area contributed by atoms with Gasteiger partial charge in [-0.25, -0.2) is 0 Å². The normalized spacial score (nSPS) is 14.2. The van der Waals surface area contributed by atoms with Gasteiger partial charge in [0.25, 0.3) is 0 Å². The molecular weight excluding hydrogens is 894 g/mol. The minimum atomic E-state index is 0.781. The molecule has 0 atom stereocenters. The van der Waals surface area contributed by atoms with Crippen LogP contribution >= 0.6 is 25.3 Å². The Morgan fingerprint density at radius 2 is 0.972 bits per heavy atom. The Kier molecular flexibility index (Phi) is 8.74. The zero-order chi connectivity index (χ0) is 49.8. The van der Waals surface area contributed by atoms with E-state index in [4.69, 9.17) is 33.1 Å². The third-order valence-corrected chi connectivity index (χ3v) is 21.4. The van der Waals surface area contributed by atoms with Crippen LogP contribution in [0, 0.1) is 90.0 Å². The minimum absolute atomic E-state index is 0.781. The van der Waals surface area contributed by atoms with Gasteiger partial charge in [-0.05, 0) is 310 Å². The van der Waals surface area contributed by atoms with Crippen LogP contribution in [0.5, 0.6) is 0 Å². The summed E-state index contributed by atoms with van der Waals surface area (Å²) in [5, 5.41) is 9.48. The summed E-state index contributed by atoms with van der Waals surface area (Å²) in [7, 11) is 7.79. The largest absolute Gasteiger partial charge is 0.354 e. The van der Waals surface area contributed by atoms with Gasteiger partial charge < -0.3 is 5.32 Å². The summed E-state index contributed by atoms with van der Waals surface area (Å²) >= 11 is 10.7. The van der Waals surface area contributed by atoms with E-state index in [1.54, 1.807) is 0 Å². The summed E-state index contributed by atoms with van der Waals surface area (Å²) in [6.07, 6.45) is 11.6. The Hall–Kier alpha value is -5.68. The summed E-state index contributed by atoms with van der Waals surface area (Å²) in [5.41, 5.74) is 51.7. The first-order valence-electron chi connectivity index (χ1n) is 26.0. The maximum Gasteiger partial charge on any atom is 0.116 e. The number of benzene rings is 8. The van der Waals surface area contributed by atoms with Crippen molar-refractivity contribution in [1.29, 1.82) is 0 Å². The first-order chi connectivity index (χ1) is 33.9. The van der Waals surface area contributed by atoms with Crippen LogP contribution in [0.3, 0.4) is 0 Å².